The molecule has 2 aromatic rings. The molecule has 20 heavy (non-hydrogen) atoms. The van der Waals surface area contributed by atoms with Crippen molar-refractivity contribution >= 4 is 44.6 Å². The summed E-state index contributed by atoms with van der Waals surface area (Å²) < 4.78 is 27.2. The Bertz CT molecular complexity index is 741. The molecular formula is C13H12Cl2N2O2S. The minimum atomic E-state index is -3.81. The van der Waals surface area contributed by atoms with Gasteiger partial charge in [0.1, 0.15) is 0 Å². The molecule has 0 bridgehead atoms. The molecule has 3 N–H and O–H groups in total. The molecule has 0 aliphatic heterocycles. The average Bonchev–Trinajstić information content (AvgIpc) is 2.37. The highest BCUT2D eigenvalue weighted by atomic mass is 35.5. The minimum absolute atomic E-state index is 0.0912. The summed E-state index contributed by atoms with van der Waals surface area (Å²) in [6.45, 7) is 1.64. The fraction of sp³-hybridized carbons (Fsp3) is 0.0769. The predicted molar refractivity (Wildman–Crippen MR) is 82.9 cm³/mol. The Hall–Kier alpha value is -1.43. The second-order valence-electron chi connectivity index (χ2n) is 4.17. The number of halogens is 2. The van der Waals surface area contributed by atoms with Crippen molar-refractivity contribution in [2.75, 3.05) is 10.5 Å². The summed E-state index contributed by atoms with van der Waals surface area (Å²) in [4.78, 5) is 0.0912. The van der Waals surface area contributed by atoms with Gasteiger partial charge in [-0.1, -0.05) is 35.3 Å². The zero-order chi connectivity index (χ0) is 14.9. The van der Waals surface area contributed by atoms with Gasteiger partial charge in [-0.25, -0.2) is 8.42 Å². The van der Waals surface area contributed by atoms with Crippen molar-refractivity contribution in [2.45, 2.75) is 11.8 Å². The normalized spacial score (nSPS) is 11.3. The van der Waals surface area contributed by atoms with E-state index in [1.54, 1.807) is 37.3 Å². The van der Waals surface area contributed by atoms with E-state index in [1.165, 1.54) is 6.07 Å². The zero-order valence-corrected chi connectivity index (χ0v) is 12.9. The maximum absolute atomic E-state index is 12.4. The Labute approximate surface area is 127 Å². The van der Waals surface area contributed by atoms with Crippen molar-refractivity contribution in [3.63, 3.8) is 0 Å². The summed E-state index contributed by atoms with van der Waals surface area (Å²) in [7, 11) is -3.81. The van der Waals surface area contributed by atoms with E-state index in [2.05, 4.69) is 4.72 Å². The van der Waals surface area contributed by atoms with E-state index in [4.69, 9.17) is 28.9 Å². The quantitative estimate of drug-likeness (QED) is 0.843. The van der Waals surface area contributed by atoms with Gasteiger partial charge < -0.3 is 5.73 Å². The Balaban J connectivity index is 2.50. The first-order chi connectivity index (χ1) is 9.33. The topological polar surface area (TPSA) is 72.2 Å². The van der Waals surface area contributed by atoms with Crippen LogP contribution in [0.4, 0.5) is 11.4 Å². The number of para-hydroxylation sites is 1. The number of hydrogen-bond acceptors (Lipinski definition) is 3. The number of nitrogens with two attached hydrogens (primary N) is 1. The molecule has 0 heterocycles. The van der Waals surface area contributed by atoms with Crippen molar-refractivity contribution in [3.05, 3.63) is 52.0 Å². The highest BCUT2D eigenvalue weighted by Crippen LogP contribution is 2.32. The first-order valence-corrected chi connectivity index (χ1v) is 7.89. The van der Waals surface area contributed by atoms with E-state index in [0.717, 1.165) is 0 Å². The highest BCUT2D eigenvalue weighted by molar-refractivity contribution is 7.92. The maximum atomic E-state index is 12.4. The van der Waals surface area contributed by atoms with Gasteiger partial charge in [0.15, 0.2) is 0 Å². The van der Waals surface area contributed by atoms with Gasteiger partial charge in [0.05, 0.1) is 20.6 Å². The lowest BCUT2D eigenvalue weighted by Crippen LogP contribution is -2.15. The monoisotopic (exact) mass is 330 g/mol. The smallest absolute Gasteiger partial charge is 0.262 e. The Morgan fingerprint density at radius 3 is 2.20 bits per heavy atom. The number of sulfonamides is 1. The molecule has 0 spiro atoms. The molecule has 0 radical (unpaired) electrons. The SMILES string of the molecule is Cc1c(N)cccc1S(=O)(=O)Nc1c(Cl)cccc1Cl. The van der Waals surface area contributed by atoms with Crippen LogP contribution in [0.1, 0.15) is 5.56 Å². The molecule has 7 heteroatoms. The number of nitrogen functional groups attached to an aromatic ring is 1. The van der Waals surface area contributed by atoms with Crippen LogP contribution in [0.25, 0.3) is 0 Å². The first kappa shape index (κ1) is 15.0. The molecule has 106 valence electrons. The zero-order valence-electron chi connectivity index (χ0n) is 10.5. The summed E-state index contributed by atoms with van der Waals surface area (Å²) in [5, 5.41) is 0.449. The standard InChI is InChI=1S/C13H12Cl2N2O2S/c1-8-11(16)6-3-7-12(8)20(18,19)17-13-9(14)4-2-5-10(13)15/h2-7,17H,16H2,1H3. The predicted octanol–water partition coefficient (Wildman–Crippen LogP) is 3.68. The largest absolute Gasteiger partial charge is 0.398 e. The van der Waals surface area contributed by atoms with Gasteiger partial charge in [-0.05, 0) is 36.8 Å². The molecule has 4 nitrogen and oxygen atoms in total. The maximum Gasteiger partial charge on any atom is 0.262 e. The van der Waals surface area contributed by atoms with Crippen LogP contribution < -0.4 is 10.5 Å². The van der Waals surface area contributed by atoms with Gasteiger partial charge in [-0.2, -0.15) is 0 Å². The molecule has 0 aromatic heterocycles. The summed E-state index contributed by atoms with van der Waals surface area (Å²) >= 11 is 11.9. The van der Waals surface area contributed by atoms with Crippen molar-refractivity contribution < 1.29 is 8.42 Å². The van der Waals surface area contributed by atoms with Gasteiger partial charge >= 0.3 is 0 Å². The second-order valence-corrected chi connectivity index (χ2v) is 6.64. The van der Waals surface area contributed by atoms with Crippen LogP contribution in [0.15, 0.2) is 41.3 Å². The summed E-state index contributed by atoms with van der Waals surface area (Å²) in [6.07, 6.45) is 0. The Kier molecular flexibility index (Phi) is 4.13. The summed E-state index contributed by atoms with van der Waals surface area (Å²) in [5.41, 5.74) is 6.75. The number of benzene rings is 2. The lowest BCUT2D eigenvalue weighted by atomic mass is 10.2. The van der Waals surface area contributed by atoms with Crippen LogP contribution in [-0.2, 0) is 10.0 Å². The van der Waals surface area contributed by atoms with Crippen LogP contribution in [-0.4, -0.2) is 8.42 Å². The highest BCUT2D eigenvalue weighted by Gasteiger charge is 2.20. The molecule has 0 atom stereocenters. The van der Waals surface area contributed by atoms with E-state index in [1.807, 2.05) is 0 Å². The third kappa shape index (κ3) is 2.85. The van der Waals surface area contributed by atoms with Crippen molar-refractivity contribution in [2.24, 2.45) is 0 Å². The first-order valence-electron chi connectivity index (χ1n) is 5.65. The third-order valence-electron chi connectivity index (χ3n) is 2.81. The molecule has 0 saturated heterocycles. The van der Waals surface area contributed by atoms with Crippen LogP contribution in [0, 0.1) is 6.92 Å². The number of nitrogens with one attached hydrogen (secondary N) is 1. The molecule has 2 aromatic carbocycles. The van der Waals surface area contributed by atoms with Crippen LogP contribution in [0.2, 0.25) is 10.0 Å². The van der Waals surface area contributed by atoms with Crippen LogP contribution >= 0.6 is 23.2 Å². The average molecular weight is 331 g/mol. The molecule has 2 rings (SSSR count). The summed E-state index contributed by atoms with van der Waals surface area (Å²) in [5.74, 6) is 0. The van der Waals surface area contributed by atoms with Crippen LogP contribution in [0.5, 0.6) is 0 Å². The van der Waals surface area contributed by atoms with E-state index >= 15 is 0 Å². The van der Waals surface area contributed by atoms with Crippen LogP contribution in [0.3, 0.4) is 0 Å². The molecule has 0 saturated carbocycles. The lowest BCUT2D eigenvalue weighted by Gasteiger charge is -2.13. The van der Waals surface area contributed by atoms with Gasteiger partial charge in [0, 0.05) is 5.69 Å². The third-order valence-corrected chi connectivity index (χ3v) is 4.94. The van der Waals surface area contributed by atoms with Gasteiger partial charge in [-0.3, -0.25) is 4.72 Å². The van der Waals surface area contributed by atoms with Crippen molar-refractivity contribution in [1.82, 2.24) is 0 Å². The Morgan fingerprint density at radius 1 is 1.05 bits per heavy atom. The van der Waals surface area contributed by atoms with Gasteiger partial charge in [0.25, 0.3) is 10.0 Å². The molecule has 0 amide bonds. The van der Waals surface area contributed by atoms with E-state index in [9.17, 15) is 8.42 Å². The molecule has 0 fully saturated rings. The molecular weight excluding hydrogens is 319 g/mol. The molecule has 0 unspecified atom stereocenters. The fourth-order valence-electron chi connectivity index (χ4n) is 1.71. The summed E-state index contributed by atoms with van der Waals surface area (Å²) in [6, 6.07) is 9.42. The van der Waals surface area contributed by atoms with E-state index in [0.29, 0.717) is 11.3 Å². The van der Waals surface area contributed by atoms with Gasteiger partial charge in [-0.15, -0.1) is 0 Å². The van der Waals surface area contributed by atoms with Gasteiger partial charge in [0.2, 0.25) is 0 Å². The second kappa shape index (κ2) is 5.52. The van der Waals surface area contributed by atoms with Crippen molar-refractivity contribution in [3.8, 4) is 0 Å². The minimum Gasteiger partial charge on any atom is -0.398 e. The number of hydrogen-bond donors (Lipinski definition) is 2. The van der Waals surface area contributed by atoms with Crippen molar-refractivity contribution in [1.29, 1.82) is 0 Å². The van der Waals surface area contributed by atoms with E-state index in [-0.39, 0.29) is 20.6 Å². The fourth-order valence-corrected chi connectivity index (χ4v) is 3.69. The lowest BCUT2D eigenvalue weighted by molar-refractivity contribution is 0.600. The molecule has 0 aliphatic rings. The number of rotatable bonds is 3. The Morgan fingerprint density at radius 2 is 1.60 bits per heavy atom. The molecule has 0 aliphatic carbocycles. The van der Waals surface area contributed by atoms with E-state index < -0.39 is 10.0 Å². The number of anilines is 2.